The Morgan fingerprint density at radius 2 is 1.76 bits per heavy atom. The maximum Gasteiger partial charge on any atom is 0.227 e. The van der Waals surface area contributed by atoms with Gasteiger partial charge in [0.05, 0.1) is 5.92 Å². The van der Waals surface area contributed by atoms with Crippen LogP contribution in [-0.2, 0) is 16.0 Å². The molecule has 136 valence electrons. The normalized spacial score (nSPS) is 22.0. The molecule has 1 aromatic carbocycles. The number of benzene rings is 1. The van der Waals surface area contributed by atoms with E-state index in [1.807, 2.05) is 34.1 Å². The van der Waals surface area contributed by atoms with Gasteiger partial charge in [-0.15, -0.1) is 0 Å². The van der Waals surface area contributed by atoms with Gasteiger partial charge in [0, 0.05) is 37.6 Å². The van der Waals surface area contributed by atoms with Gasteiger partial charge in [0.15, 0.2) is 0 Å². The zero-order chi connectivity index (χ0) is 17.6. The molecule has 2 saturated heterocycles. The molecule has 4 nitrogen and oxygen atoms in total. The Kier molecular flexibility index (Phi) is 6.35. The molecule has 2 fully saturated rings. The van der Waals surface area contributed by atoms with E-state index in [9.17, 15) is 9.59 Å². The number of carbonyl (C=O) groups is 2. The van der Waals surface area contributed by atoms with Crippen molar-refractivity contribution in [1.29, 1.82) is 0 Å². The first-order valence-electron chi connectivity index (χ1n) is 9.44. The standard InChI is InChI=1S/C20H27ClN2O2/c21-18-8-5-16(6-9-18)11-14-23-15-17(7-10-19(23)24)20(25)22-12-3-1-2-4-13-22/h5-6,8-9,17H,1-4,7,10-15H2/t17-/m1/s1. The SMILES string of the molecule is O=C1CC[C@@H](C(=O)N2CCCCCC2)CN1CCc1ccc(Cl)cc1. The van der Waals surface area contributed by atoms with E-state index in [0.717, 1.165) is 42.9 Å². The molecule has 0 aromatic heterocycles. The summed E-state index contributed by atoms with van der Waals surface area (Å²) in [4.78, 5) is 29.0. The predicted molar refractivity (Wildman–Crippen MR) is 99.5 cm³/mol. The summed E-state index contributed by atoms with van der Waals surface area (Å²) in [7, 11) is 0. The molecule has 5 heteroatoms. The van der Waals surface area contributed by atoms with Crippen LogP contribution in [0.15, 0.2) is 24.3 Å². The highest BCUT2D eigenvalue weighted by molar-refractivity contribution is 6.30. The van der Waals surface area contributed by atoms with Gasteiger partial charge in [-0.1, -0.05) is 36.6 Å². The summed E-state index contributed by atoms with van der Waals surface area (Å²) in [5.41, 5.74) is 1.16. The van der Waals surface area contributed by atoms with Crippen molar-refractivity contribution in [3.8, 4) is 0 Å². The average molecular weight is 363 g/mol. The Labute approximate surface area is 155 Å². The van der Waals surface area contributed by atoms with E-state index < -0.39 is 0 Å². The smallest absolute Gasteiger partial charge is 0.227 e. The maximum absolute atomic E-state index is 12.8. The summed E-state index contributed by atoms with van der Waals surface area (Å²) >= 11 is 5.92. The van der Waals surface area contributed by atoms with Crippen LogP contribution < -0.4 is 0 Å². The van der Waals surface area contributed by atoms with Gasteiger partial charge >= 0.3 is 0 Å². The number of hydrogen-bond acceptors (Lipinski definition) is 2. The molecule has 2 aliphatic rings. The summed E-state index contributed by atoms with van der Waals surface area (Å²) in [6.07, 6.45) is 6.65. The minimum absolute atomic E-state index is 0.0268. The number of rotatable bonds is 4. The second-order valence-corrected chi connectivity index (χ2v) is 7.63. The van der Waals surface area contributed by atoms with Gasteiger partial charge < -0.3 is 9.80 Å². The highest BCUT2D eigenvalue weighted by Gasteiger charge is 2.32. The molecule has 2 heterocycles. The van der Waals surface area contributed by atoms with Crippen LogP contribution in [0.1, 0.15) is 44.1 Å². The van der Waals surface area contributed by atoms with E-state index in [2.05, 4.69) is 0 Å². The van der Waals surface area contributed by atoms with Crippen molar-refractivity contribution in [2.75, 3.05) is 26.2 Å². The summed E-state index contributed by atoms with van der Waals surface area (Å²) < 4.78 is 0. The second-order valence-electron chi connectivity index (χ2n) is 7.19. The third-order valence-electron chi connectivity index (χ3n) is 5.35. The van der Waals surface area contributed by atoms with Crippen LogP contribution in [-0.4, -0.2) is 47.8 Å². The molecule has 3 rings (SSSR count). The number of halogens is 1. The Balaban J connectivity index is 1.56. The van der Waals surface area contributed by atoms with Crippen molar-refractivity contribution >= 4 is 23.4 Å². The van der Waals surface area contributed by atoms with Crippen LogP contribution >= 0.6 is 11.6 Å². The minimum atomic E-state index is -0.0268. The molecule has 1 aromatic rings. The van der Waals surface area contributed by atoms with Crippen LogP contribution in [0.4, 0.5) is 0 Å². The lowest BCUT2D eigenvalue weighted by molar-refractivity contribution is -0.143. The molecular formula is C20H27ClN2O2. The number of hydrogen-bond donors (Lipinski definition) is 0. The van der Waals surface area contributed by atoms with Crippen molar-refractivity contribution in [2.24, 2.45) is 5.92 Å². The Morgan fingerprint density at radius 3 is 2.44 bits per heavy atom. The number of amides is 2. The fourth-order valence-electron chi connectivity index (χ4n) is 3.80. The molecule has 0 spiro atoms. The van der Waals surface area contributed by atoms with Gasteiger partial charge in [0.1, 0.15) is 0 Å². The van der Waals surface area contributed by atoms with Gasteiger partial charge in [-0.05, 0) is 43.4 Å². The van der Waals surface area contributed by atoms with E-state index in [0.29, 0.717) is 25.9 Å². The van der Waals surface area contributed by atoms with E-state index in [1.165, 1.54) is 12.8 Å². The van der Waals surface area contributed by atoms with Gasteiger partial charge in [-0.25, -0.2) is 0 Å². The van der Waals surface area contributed by atoms with Crippen molar-refractivity contribution in [3.63, 3.8) is 0 Å². The molecule has 0 bridgehead atoms. The van der Waals surface area contributed by atoms with Crippen LogP contribution in [0.2, 0.25) is 5.02 Å². The first-order chi connectivity index (χ1) is 12.1. The zero-order valence-corrected chi connectivity index (χ0v) is 15.5. The summed E-state index contributed by atoms with van der Waals surface area (Å²) in [6.45, 7) is 3.01. The molecule has 0 aliphatic carbocycles. The maximum atomic E-state index is 12.8. The van der Waals surface area contributed by atoms with Crippen LogP contribution in [0.3, 0.4) is 0 Å². The molecule has 2 aliphatic heterocycles. The van der Waals surface area contributed by atoms with Crippen molar-refractivity contribution < 1.29 is 9.59 Å². The number of piperidine rings is 1. The van der Waals surface area contributed by atoms with Gasteiger partial charge in [0.2, 0.25) is 11.8 Å². The molecular weight excluding hydrogens is 336 g/mol. The summed E-state index contributed by atoms with van der Waals surface area (Å²) in [5, 5.41) is 0.723. The van der Waals surface area contributed by atoms with Crippen molar-refractivity contribution in [1.82, 2.24) is 9.80 Å². The van der Waals surface area contributed by atoms with Gasteiger partial charge in [-0.3, -0.25) is 9.59 Å². The highest BCUT2D eigenvalue weighted by Crippen LogP contribution is 2.22. The molecule has 0 unspecified atom stereocenters. The first-order valence-corrected chi connectivity index (χ1v) is 9.82. The molecule has 1 atom stereocenters. The topological polar surface area (TPSA) is 40.6 Å². The Morgan fingerprint density at radius 1 is 1.08 bits per heavy atom. The highest BCUT2D eigenvalue weighted by atomic mass is 35.5. The predicted octanol–water partition coefficient (Wildman–Crippen LogP) is 3.52. The van der Waals surface area contributed by atoms with Crippen molar-refractivity contribution in [2.45, 2.75) is 44.9 Å². The summed E-state index contributed by atoms with van der Waals surface area (Å²) in [5.74, 6) is 0.404. The third kappa shape index (κ3) is 4.97. The number of carbonyl (C=O) groups excluding carboxylic acids is 2. The lowest BCUT2D eigenvalue weighted by atomic mass is 9.95. The molecule has 0 N–H and O–H groups in total. The second kappa shape index (κ2) is 8.70. The van der Waals surface area contributed by atoms with Crippen LogP contribution in [0.5, 0.6) is 0 Å². The van der Waals surface area contributed by atoms with Gasteiger partial charge in [0.25, 0.3) is 0 Å². The van der Waals surface area contributed by atoms with E-state index in [4.69, 9.17) is 11.6 Å². The summed E-state index contributed by atoms with van der Waals surface area (Å²) in [6, 6.07) is 7.74. The fourth-order valence-corrected chi connectivity index (χ4v) is 3.92. The van der Waals surface area contributed by atoms with E-state index in [-0.39, 0.29) is 17.7 Å². The fraction of sp³-hybridized carbons (Fsp3) is 0.600. The van der Waals surface area contributed by atoms with Crippen molar-refractivity contribution in [3.05, 3.63) is 34.9 Å². The third-order valence-corrected chi connectivity index (χ3v) is 5.60. The molecule has 0 saturated carbocycles. The Hall–Kier alpha value is -1.55. The van der Waals surface area contributed by atoms with Crippen LogP contribution in [0, 0.1) is 5.92 Å². The number of nitrogens with zero attached hydrogens (tertiary/aromatic N) is 2. The largest absolute Gasteiger partial charge is 0.342 e. The monoisotopic (exact) mass is 362 g/mol. The lowest BCUT2D eigenvalue weighted by Crippen LogP contribution is -2.47. The van der Waals surface area contributed by atoms with E-state index >= 15 is 0 Å². The van der Waals surface area contributed by atoms with Crippen LogP contribution in [0.25, 0.3) is 0 Å². The van der Waals surface area contributed by atoms with E-state index in [1.54, 1.807) is 0 Å². The molecule has 0 radical (unpaired) electrons. The molecule has 2 amide bonds. The number of likely N-dealkylation sites (tertiary alicyclic amines) is 2. The Bertz CT molecular complexity index is 594. The van der Waals surface area contributed by atoms with Gasteiger partial charge in [-0.2, -0.15) is 0 Å². The quantitative estimate of drug-likeness (QED) is 0.822. The first kappa shape index (κ1) is 18.2. The minimum Gasteiger partial charge on any atom is -0.342 e. The molecule has 25 heavy (non-hydrogen) atoms. The zero-order valence-electron chi connectivity index (χ0n) is 14.8. The lowest BCUT2D eigenvalue weighted by Gasteiger charge is -2.34. The average Bonchev–Trinajstić information content (AvgIpc) is 2.91.